The van der Waals surface area contributed by atoms with Gasteiger partial charge in [0.05, 0.1) is 13.2 Å². The summed E-state index contributed by atoms with van der Waals surface area (Å²) in [6.45, 7) is 3.81. The fourth-order valence-electron chi connectivity index (χ4n) is 1.73. The zero-order valence-corrected chi connectivity index (χ0v) is 8.03. The highest BCUT2D eigenvalue weighted by atomic mass is 16.5. The Hall–Kier alpha value is -0.610. The third-order valence-electron chi connectivity index (χ3n) is 2.31. The van der Waals surface area contributed by atoms with Crippen molar-refractivity contribution in [3.63, 3.8) is 0 Å². The monoisotopic (exact) mass is 187 g/mol. The molecule has 76 valence electrons. The summed E-state index contributed by atoms with van der Waals surface area (Å²) in [7, 11) is 0. The van der Waals surface area contributed by atoms with Gasteiger partial charge in [-0.05, 0) is 26.3 Å². The molecule has 0 aliphatic carbocycles. The van der Waals surface area contributed by atoms with Crippen LogP contribution in [0.5, 0.6) is 0 Å². The molecule has 1 unspecified atom stereocenters. The van der Waals surface area contributed by atoms with Crippen molar-refractivity contribution >= 4 is 5.97 Å². The van der Waals surface area contributed by atoms with E-state index in [1.165, 1.54) is 0 Å². The average Bonchev–Trinajstić information content (AvgIpc) is 2.54. The number of aliphatic hydroxyl groups excluding tert-OH is 1. The molecular weight excluding hydrogens is 170 g/mol. The normalized spacial score (nSPS) is 23.4. The first-order valence-electron chi connectivity index (χ1n) is 4.81. The number of nitrogens with zero attached hydrogens (tertiary/aromatic N) is 1. The zero-order chi connectivity index (χ0) is 9.68. The van der Waals surface area contributed by atoms with Crippen LogP contribution in [0, 0.1) is 0 Å². The van der Waals surface area contributed by atoms with Crippen LogP contribution < -0.4 is 0 Å². The number of hydrogen-bond donors (Lipinski definition) is 1. The number of carbonyl (C=O) groups excluding carboxylic acids is 1. The Bertz CT molecular complexity index is 172. The second kappa shape index (κ2) is 5.19. The van der Waals surface area contributed by atoms with Gasteiger partial charge in [0.1, 0.15) is 6.04 Å². The number of β-amino-alcohol motifs (C(OH)–C–C–N with tert-alkyl or cyclic N) is 1. The molecule has 4 heteroatoms. The number of hydrogen-bond acceptors (Lipinski definition) is 4. The van der Waals surface area contributed by atoms with Crippen LogP contribution in [0.15, 0.2) is 0 Å². The molecular formula is C9H17NO3. The van der Waals surface area contributed by atoms with E-state index in [4.69, 9.17) is 9.84 Å². The van der Waals surface area contributed by atoms with Gasteiger partial charge in [0.15, 0.2) is 0 Å². The van der Waals surface area contributed by atoms with Crippen LogP contribution in [0.25, 0.3) is 0 Å². The van der Waals surface area contributed by atoms with Gasteiger partial charge >= 0.3 is 5.97 Å². The molecule has 1 aliphatic heterocycles. The van der Waals surface area contributed by atoms with E-state index in [2.05, 4.69) is 0 Å². The molecule has 0 aromatic rings. The van der Waals surface area contributed by atoms with Gasteiger partial charge in [-0.1, -0.05) is 0 Å². The van der Waals surface area contributed by atoms with Crippen molar-refractivity contribution in [2.24, 2.45) is 0 Å². The summed E-state index contributed by atoms with van der Waals surface area (Å²) in [6, 6.07) is -0.118. The molecule has 1 N–H and O–H groups in total. The topological polar surface area (TPSA) is 49.8 Å². The smallest absolute Gasteiger partial charge is 0.323 e. The third-order valence-corrected chi connectivity index (χ3v) is 2.31. The first kappa shape index (κ1) is 10.5. The highest BCUT2D eigenvalue weighted by molar-refractivity contribution is 5.76. The minimum atomic E-state index is -0.145. The van der Waals surface area contributed by atoms with Crippen LogP contribution in [-0.4, -0.2) is 48.3 Å². The number of likely N-dealkylation sites (tertiary alicyclic amines) is 1. The lowest BCUT2D eigenvalue weighted by Gasteiger charge is -2.21. The van der Waals surface area contributed by atoms with Gasteiger partial charge in [0.2, 0.25) is 0 Å². The van der Waals surface area contributed by atoms with Crippen molar-refractivity contribution in [2.75, 3.05) is 26.3 Å². The fourth-order valence-corrected chi connectivity index (χ4v) is 1.73. The van der Waals surface area contributed by atoms with Crippen molar-refractivity contribution in [3.8, 4) is 0 Å². The van der Waals surface area contributed by atoms with Gasteiger partial charge < -0.3 is 9.84 Å². The number of ether oxygens (including phenoxy) is 1. The average molecular weight is 187 g/mol. The second-order valence-corrected chi connectivity index (χ2v) is 3.17. The highest BCUT2D eigenvalue weighted by Crippen LogP contribution is 2.17. The molecule has 4 nitrogen and oxygen atoms in total. The van der Waals surface area contributed by atoms with Crippen LogP contribution in [0.1, 0.15) is 19.8 Å². The maximum atomic E-state index is 11.4. The molecule has 0 aromatic carbocycles. The molecule has 0 spiro atoms. The van der Waals surface area contributed by atoms with Crippen molar-refractivity contribution in [3.05, 3.63) is 0 Å². The van der Waals surface area contributed by atoms with E-state index in [1.807, 2.05) is 11.8 Å². The lowest BCUT2D eigenvalue weighted by Crippen LogP contribution is -2.38. The first-order valence-corrected chi connectivity index (χ1v) is 4.81. The van der Waals surface area contributed by atoms with E-state index in [1.54, 1.807) is 0 Å². The summed E-state index contributed by atoms with van der Waals surface area (Å²) in [5.41, 5.74) is 0. The minimum absolute atomic E-state index is 0.107. The lowest BCUT2D eigenvalue weighted by atomic mass is 10.2. The van der Waals surface area contributed by atoms with E-state index in [9.17, 15) is 4.79 Å². The lowest BCUT2D eigenvalue weighted by molar-refractivity contribution is -0.148. The Kier molecular flexibility index (Phi) is 4.18. The van der Waals surface area contributed by atoms with Gasteiger partial charge in [0, 0.05) is 6.54 Å². The summed E-state index contributed by atoms with van der Waals surface area (Å²) >= 11 is 0. The van der Waals surface area contributed by atoms with E-state index in [0.717, 1.165) is 19.4 Å². The first-order chi connectivity index (χ1) is 6.29. The van der Waals surface area contributed by atoms with Crippen molar-refractivity contribution < 1.29 is 14.6 Å². The van der Waals surface area contributed by atoms with Crippen LogP contribution in [0.4, 0.5) is 0 Å². The fraction of sp³-hybridized carbons (Fsp3) is 0.889. The van der Waals surface area contributed by atoms with Gasteiger partial charge in [-0.3, -0.25) is 9.69 Å². The zero-order valence-electron chi connectivity index (χ0n) is 8.03. The predicted molar refractivity (Wildman–Crippen MR) is 48.3 cm³/mol. The van der Waals surface area contributed by atoms with Crippen molar-refractivity contribution in [2.45, 2.75) is 25.8 Å². The van der Waals surface area contributed by atoms with Crippen LogP contribution in [0.3, 0.4) is 0 Å². The molecule has 0 saturated carbocycles. The number of rotatable bonds is 4. The quantitative estimate of drug-likeness (QED) is 0.630. The van der Waals surface area contributed by atoms with Crippen molar-refractivity contribution in [1.29, 1.82) is 0 Å². The Morgan fingerprint density at radius 1 is 1.69 bits per heavy atom. The Morgan fingerprint density at radius 2 is 2.46 bits per heavy atom. The SMILES string of the molecule is CCOC(=O)C1CCCN1CCO. The Morgan fingerprint density at radius 3 is 3.08 bits per heavy atom. The number of carbonyl (C=O) groups is 1. The molecule has 0 radical (unpaired) electrons. The van der Waals surface area contributed by atoms with E-state index < -0.39 is 0 Å². The summed E-state index contributed by atoms with van der Waals surface area (Å²) in [4.78, 5) is 13.4. The molecule has 0 aromatic heterocycles. The van der Waals surface area contributed by atoms with Gasteiger partial charge in [0.25, 0.3) is 0 Å². The highest BCUT2D eigenvalue weighted by Gasteiger charge is 2.30. The summed E-state index contributed by atoms with van der Waals surface area (Å²) in [6.07, 6.45) is 1.88. The second-order valence-electron chi connectivity index (χ2n) is 3.17. The van der Waals surface area contributed by atoms with Gasteiger partial charge in [-0.15, -0.1) is 0 Å². The van der Waals surface area contributed by atoms with Crippen LogP contribution in [-0.2, 0) is 9.53 Å². The molecule has 0 amide bonds. The molecule has 1 saturated heterocycles. The largest absolute Gasteiger partial charge is 0.465 e. The molecule has 1 fully saturated rings. The minimum Gasteiger partial charge on any atom is -0.465 e. The molecule has 1 atom stereocenters. The standard InChI is InChI=1S/C9H17NO3/c1-2-13-9(12)8-4-3-5-10(8)6-7-11/h8,11H,2-7H2,1H3. The molecule has 13 heavy (non-hydrogen) atoms. The maximum Gasteiger partial charge on any atom is 0.323 e. The number of aliphatic hydroxyl groups is 1. The van der Waals surface area contributed by atoms with E-state index in [0.29, 0.717) is 13.2 Å². The Balaban J connectivity index is 2.42. The van der Waals surface area contributed by atoms with Crippen molar-refractivity contribution in [1.82, 2.24) is 4.90 Å². The van der Waals surface area contributed by atoms with Gasteiger partial charge in [-0.2, -0.15) is 0 Å². The Labute approximate surface area is 78.5 Å². The predicted octanol–water partition coefficient (Wildman–Crippen LogP) is 0.00620. The van der Waals surface area contributed by atoms with Crippen LogP contribution in [0.2, 0.25) is 0 Å². The van der Waals surface area contributed by atoms with Crippen LogP contribution >= 0.6 is 0 Å². The molecule has 0 bridgehead atoms. The molecule has 1 aliphatic rings. The molecule has 1 heterocycles. The van der Waals surface area contributed by atoms with Gasteiger partial charge in [-0.25, -0.2) is 0 Å². The summed E-state index contributed by atoms with van der Waals surface area (Å²) in [5.74, 6) is -0.145. The molecule has 1 rings (SSSR count). The number of esters is 1. The van der Waals surface area contributed by atoms with E-state index in [-0.39, 0.29) is 18.6 Å². The third kappa shape index (κ3) is 2.67. The summed E-state index contributed by atoms with van der Waals surface area (Å²) < 4.78 is 4.94. The maximum absolute atomic E-state index is 11.4. The summed E-state index contributed by atoms with van der Waals surface area (Å²) in [5, 5.41) is 8.76. The van der Waals surface area contributed by atoms with E-state index >= 15 is 0 Å².